The number of nitriles is 1. The van der Waals surface area contributed by atoms with Gasteiger partial charge in [-0.2, -0.15) is 5.26 Å². The van der Waals surface area contributed by atoms with Crippen LogP contribution in [-0.2, 0) is 4.79 Å². The third-order valence-corrected chi connectivity index (χ3v) is 4.75. The maximum atomic E-state index is 12.4. The number of piperidine rings is 1. The van der Waals surface area contributed by atoms with Gasteiger partial charge in [0.15, 0.2) is 0 Å². The number of nitrogens with one attached hydrogen (secondary N) is 2. The lowest BCUT2D eigenvalue weighted by atomic mass is 10.1. The van der Waals surface area contributed by atoms with Crippen molar-refractivity contribution in [2.24, 2.45) is 17.8 Å². The van der Waals surface area contributed by atoms with Crippen LogP contribution >= 0.6 is 0 Å². The van der Waals surface area contributed by atoms with Gasteiger partial charge in [0, 0.05) is 5.92 Å². The van der Waals surface area contributed by atoms with Crippen molar-refractivity contribution >= 4 is 5.91 Å². The fraction of sp³-hybridized carbons (Fsp3) is 0.556. The zero-order valence-electron chi connectivity index (χ0n) is 13.8. The third kappa shape index (κ3) is 3.32. The number of hydrogen-bond acceptors (Lipinski definition) is 4. The van der Waals surface area contributed by atoms with E-state index in [2.05, 4.69) is 16.7 Å². The summed E-state index contributed by atoms with van der Waals surface area (Å²) in [5.41, 5.74) is 1.12. The van der Waals surface area contributed by atoms with Crippen LogP contribution in [0.25, 0.3) is 0 Å². The highest BCUT2D eigenvalue weighted by Crippen LogP contribution is 2.48. The van der Waals surface area contributed by atoms with E-state index in [1.165, 1.54) is 0 Å². The summed E-state index contributed by atoms with van der Waals surface area (Å²) in [6.07, 6.45) is 0. The molecule has 1 heterocycles. The molecule has 5 heteroatoms. The molecule has 23 heavy (non-hydrogen) atoms. The fourth-order valence-corrected chi connectivity index (χ4v) is 3.40. The summed E-state index contributed by atoms with van der Waals surface area (Å²) in [5.74, 6) is 2.11. The van der Waals surface area contributed by atoms with E-state index in [9.17, 15) is 4.79 Å². The molecule has 1 aromatic rings. The first-order chi connectivity index (χ1) is 10.9. The summed E-state index contributed by atoms with van der Waals surface area (Å²) in [7, 11) is 0. The molecular formula is C18H23N3O2. The summed E-state index contributed by atoms with van der Waals surface area (Å²) in [6, 6.07) is 7.47. The Morgan fingerprint density at radius 2 is 2.13 bits per heavy atom. The second kappa shape index (κ2) is 5.86. The molecule has 2 aliphatic rings. The molecule has 5 nitrogen and oxygen atoms in total. The monoisotopic (exact) mass is 313 g/mol. The van der Waals surface area contributed by atoms with Crippen molar-refractivity contribution in [2.45, 2.75) is 26.3 Å². The summed E-state index contributed by atoms with van der Waals surface area (Å²) < 4.78 is 5.86. The summed E-state index contributed by atoms with van der Waals surface area (Å²) in [6.45, 7) is 8.18. The standard InChI is InChI=1S/C18H23N3O2/c1-11-6-12(7-19)4-5-15(11)23-10-18(2,3)21-17(22)16-13-8-20-9-14(13)16/h4-6,13-14,16,20H,8-10H2,1-3H3,(H,21,22)/t13-,14+,16?. The minimum Gasteiger partial charge on any atom is -0.491 e. The molecule has 0 aromatic heterocycles. The van der Waals surface area contributed by atoms with E-state index >= 15 is 0 Å². The lowest BCUT2D eigenvalue weighted by Crippen LogP contribution is -2.49. The number of carbonyl (C=O) groups excluding carboxylic acids is 1. The molecule has 1 aromatic carbocycles. The van der Waals surface area contributed by atoms with Crippen molar-refractivity contribution in [3.05, 3.63) is 29.3 Å². The second-order valence-electron chi connectivity index (χ2n) is 7.27. The van der Waals surface area contributed by atoms with E-state index in [0.717, 1.165) is 24.4 Å². The maximum Gasteiger partial charge on any atom is 0.224 e. The number of fused-ring (bicyclic) bond motifs is 1. The molecule has 1 aliphatic heterocycles. The first-order valence-corrected chi connectivity index (χ1v) is 8.07. The zero-order valence-corrected chi connectivity index (χ0v) is 13.8. The predicted octanol–water partition coefficient (Wildman–Crippen LogP) is 1.61. The van der Waals surface area contributed by atoms with Gasteiger partial charge in [-0.1, -0.05) is 0 Å². The molecule has 1 aliphatic carbocycles. The Morgan fingerprint density at radius 3 is 2.74 bits per heavy atom. The molecule has 1 saturated carbocycles. The van der Waals surface area contributed by atoms with Crippen LogP contribution in [0.2, 0.25) is 0 Å². The van der Waals surface area contributed by atoms with Crippen LogP contribution in [-0.4, -0.2) is 31.1 Å². The Bertz CT molecular complexity index is 653. The van der Waals surface area contributed by atoms with Crippen LogP contribution < -0.4 is 15.4 Å². The molecule has 122 valence electrons. The van der Waals surface area contributed by atoms with Gasteiger partial charge in [0.05, 0.1) is 17.2 Å². The molecule has 1 unspecified atom stereocenters. The topological polar surface area (TPSA) is 74.1 Å². The van der Waals surface area contributed by atoms with Crippen LogP contribution in [0.5, 0.6) is 5.75 Å². The van der Waals surface area contributed by atoms with Crippen molar-refractivity contribution < 1.29 is 9.53 Å². The van der Waals surface area contributed by atoms with Gasteiger partial charge in [0.2, 0.25) is 5.91 Å². The molecular weight excluding hydrogens is 290 g/mol. The van der Waals surface area contributed by atoms with Crippen LogP contribution in [0.15, 0.2) is 18.2 Å². The highest BCUT2D eigenvalue weighted by Gasteiger charge is 2.57. The molecule has 3 atom stereocenters. The zero-order chi connectivity index (χ0) is 16.6. The van der Waals surface area contributed by atoms with E-state index in [1.54, 1.807) is 12.1 Å². The van der Waals surface area contributed by atoms with E-state index in [4.69, 9.17) is 10.00 Å². The van der Waals surface area contributed by atoms with Gasteiger partial charge in [0.25, 0.3) is 0 Å². The Kier molecular flexibility index (Phi) is 4.03. The molecule has 3 rings (SSSR count). The quantitative estimate of drug-likeness (QED) is 0.866. The highest BCUT2D eigenvalue weighted by atomic mass is 16.5. The Hall–Kier alpha value is -2.06. The van der Waals surface area contributed by atoms with Crippen molar-refractivity contribution in [1.29, 1.82) is 5.26 Å². The molecule has 0 bridgehead atoms. The summed E-state index contributed by atoms with van der Waals surface area (Å²) in [4.78, 5) is 12.4. The van der Waals surface area contributed by atoms with E-state index < -0.39 is 5.54 Å². The first kappa shape index (κ1) is 15.8. The molecule has 0 radical (unpaired) electrons. The lowest BCUT2D eigenvalue weighted by Gasteiger charge is -2.27. The number of nitrogens with zero attached hydrogens (tertiary/aromatic N) is 1. The van der Waals surface area contributed by atoms with Gasteiger partial charge < -0.3 is 15.4 Å². The Labute approximate surface area is 137 Å². The van der Waals surface area contributed by atoms with Crippen LogP contribution in [0.3, 0.4) is 0 Å². The van der Waals surface area contributed by atoms with Crippen LogP contribution in [0.1, 0.15) is 25.0 Å². The van der Waals surface area contributed by atoms with Crippen molar-refractivity contribution in [1.82, 2.24) is 10.6 Å². The first-order valence-electron chi connectivity index (χ1n) is 8.07. The summed E-state index contributed by atoms with van der Waals surface area (Å²) in [5, 5.41) is 15.3. The van der Waals surface area contributed by atoms with Gasteiger partial charge >= 0.3 is 0 Å². The number of aryl methyl sites for hydroxylation is 1. The van der Waals surface area contributed by atoms with Gasteiger partial charge in [-0.3, -0.25) is 4.79 Å². The predicted molar refractivity (Wildman–Crippen MR) is 87.0 cm³/mol. The SMILES string of the molecule is Cc1cc(C#N)ccc1OCC(C)(C)NC(=O)C1[C@H]2CNC[C@@H]12. The van der Waals surface area contributed by atoms with Gasteiger partial charge in [-0.05, 0) is 69.5 Å². The minimum atomic E-state index is -0.429. The normalized spacial score (nSPS) is 25.4. The molecule has 1 amide bonds. The minimum absolute atomic E-state index is 0.145. The van der Waals surface area contributed by atoms with Gasteiger partial charge in [-0.15, -0.1) is 0 Å². The van der Waals surface area contributed by atoms with E-state index in [1.807, 2.05) is 26.8 Å². The number of benzene rings is 1. The maximum absolute atomic E-state index is 12.4. The number of hydrogen-bond donors (Lipinski definition) is 2. The van der Waals surface area contributed by atoms with Crippen LogP contribution in [0.4, 0.5) is 0 Å². The van der Waals surface area contributed by atoms with Crippen LogP contribution in [0, 0.1) is 36.0 Å². The van der Waals surface area contributed by atoms with Crippen molar-refractivity contribution in [3.8, 4) is 11.8 Å². The van der Waals surface area contributed by atoms with Gasteiger partial charge in [-0.25, -0.2) is 0 Å². The smallest absolute Gasteiger partial charge is 0.224 e. The Balaban J connectivity index is 1.54. The molecule has 1 saturated heterocycles. The molecule has 2 fully saturated rings. The lowest BCUT2D eigenvalue weighted by molar-refractivity contribution is -0.125. The van der Waals surface area contributed by atoms with E-state index in [0.29, 0.717) is 24.0 Å². The number of rotatable bonds is 5. The van der Waals surface area contributed by atoms with Crippen molar-refractivity contribution in [2.75, 3.05) is 19.7 Å². The second-order valence-corrected chi connectivity index (χ2v) is 7.27. The molecule has 2 N–H and O–H groups in total. The molecule has 0 spiro atoms. The van der Waals surface area contributed by atoms with E-state index in [-0.39, 0.29) is 11.8 Å². The fourth-order valence-electron chi connectivity index (χ4n) is 3.40. The average molecular weight is 313 g/mol. The highest BCUT2D eigenvalue weighted by molar-refractivity contribution is 5.83. The number of amides is 1. The number of ether oxygens (including phenoxy) is 1. The average Bonchev–Trinajstić information content (AvgIpc) is 2.99. The number of carbonyl (C=O) groups is 1. The Morgan fingerprint density at radius 1 is 1.43 bits per heavy atom. The van der Waals surface area contributed by atoms with Gasteiger partial charge in [0.1, 0.15) is 12.4 Å². The third-order valence-electron chi connectivity index (χ3n) is 4.75. The largest absolute Gasteiger partial charge is 0.491 e. The summed E-state index contributed by atoms with van der Waals surface area (Å²) >= 11 is 0. The van der Waals surface area contributed by atoms with Crippen molar-refractivity contribution in [3.63, 3.8) is 0 Å².